The molecule has 2 aromatic heterocycles. The van der Waals surface area contributed by atoms with Crippen molar-refractivity contribution >= 4 is 17.3 Å². The van der Waals surface area contributed by atoms with E-state index in [1.807, 2.05) is 30.3 Å². The van der Waals surface area contributed by atoms with Crippen LogP contribution in [0.2, 0.25) is 0 Å². The van der Waals surface area contributed by atoms with Gasteiger partial charge in [0.25, 0.3) is 0 Å². The summed E-state index contributed by atoms with van der Waals surface area (Å²) in [7, 11) is 0. The normalized spacial score (nSPS) is 12.1. The Bertz CT molecular complexity index is 1340. The third-order valence-corrected chi connectivity index (χ3v) is 7.34. The largest absolute Gasteiger partial charge is 1.00 e. The van der Waals surface area contributed by atoms with Gasteiger partial charge in [-0.15, -0.1) is 11.3 Å². The van der Waals surface area contributed by atoms with Crippen LogP contribution in [0, 0.1) is 6.92 Å². The van der Waals surface area contributed by atoms with Crippen LogP contribution in [0.25, 0.3) is 21.7 Å². The van der Waals surface area contributed by atoms with Crippen LogP contribution in [0.1, 0.15) is 49.5 Å². The van der Waals surface area contributed by atoms with Gasteiger partial charge in [0.1, 0.15) is 29.9 Å². The molecule has 8 heteroatoms. The summed E-state index contributed by atoms with van der Waals surface area (Å²) in [5.41, 5.74) is 4.96. The van der Waals surface area contributed by atoms with E-state index in [2.05, 4.69) is 63.2 Å². The molecule has 0 N–H and O–H groups in total. The maximum atomic E-state index is 11.2. The summed E-state index contributed by atoms with van der Waals surface area (Å²) < 4.78 is 16.8. The molecule has 0 aliphatic heterocycles. The summed E-state index contributed by atoms with van der Waals surface area (Å²) in [6, 6.07) is 20.0. The van der Waals surface area contributed by atoms with Gasteiger partial charge in [0.2, 0.25) is 0 Å². The number of thiophene rings is 1. The fraction of sp³-hybridized carbons (Fsp3) is 0.333. The third-order valence-electron chi connectivity index (χ3n) is 6.08. The molecule has 6 nitrogen and oxygen atoms in total. The van der Waals surface area contributed by atoms with E-state index in [-0.39, 0.29) is 41.4 Å². The molecule has 0 aliphatic carbocycles. The van der Waals surface area contributed by atoms with Crippen molar-refractivity contribution in [3.05, 3.63) is 82.4 Å². The topological polar surface area (TPSA) is 84.6 Å². The zero-order valence-electron chi connectivity index (χ0n) is 22.9. The van der Waals surface area contributed by atoms with Crippen LogP contribution in [-0.4, -0.2) is 23.8 Å². The average molecular weight is 542 g/mol. The average Bonchev–Trinajstić information content (AvgIpc) is 3.51. The first-order chi connectivity index (χ1) is 17.6. The Labute approximate surface area is 250 Å². The van der Waals surface area contributed by atoms with Crippen molar-refractivity contribution in [1.82, 2.24) is 5.16 Å². The number of aliphatic carboxylic acids is 1. The van der Waals surface area contributed by atoms with Crippen molar-refractivity contribution in [3.63, 3.8) is 0 Å². The van der Waals surface area contributed by atoms with E-state index in [9.17, 15) is 9.90 Å². The predicted octanol–water partition coefficient (Wildman–Crippen LogP) is 2.96. The summed E-state index contributed by atoms with van der Waals surface area (Å²) in [5.74, 6) is 0.395. The second kappa shape index (κ2) is 13.1. The molecule has 0 bridgehead atoms. The SMILES string of the molecule is CCO[C@@H](Cc1ccc(OCc2sc(-c3ccc(-c4cc(C(C)(C)C)on4)cc3)cc2C)cc1)C(=O)[O-].[Na+]. The molecule has 2 aromatic carbocycles. The first kappa shape index (κ1) is 30.1. The van der Waals surface area contributed by atoms with Crippen molar-refractivity contribution in [2.24, 2.45) is 0 Å². The monoisotopic (exact) mass is 541 g/mol. The fourth-order valence-electron chi connectivity index (χ4n) is 3.87. The van der Waals surface area contributed by atoms with Crippen LogP contribution >= 0.6 is 11.3 Å². The molecule has 4 aromatic rings. The number of carbonyl (C=O) groups is 1. The molecular weight excluding hydrogens is 509 g/mol. The molecule has 0 spiro atoms. The fourth-order valence-corrected chi connectivity index (χ4v) is 4.96. The van der Waals surface area contributed by atoms with Gasteiger partial charge in [0.05, 0.1) is 5.97 Å². The maximum Gasteiger partial charge on any atom is 1.00 e. The van der Waals surface area contributed by atoms with E-state index in [0.29, 0.717) is 13.2 Å². The summed E-state index contributed by atoms with van der Waals surface area (Å²) in [6.45, 7) is 11.0. The Hall–Kier alpha value is -2.42. The van der Waals surface area contributed by atoms with Crippen molar-refractivity contribution in [2.45, 2.75) is 59.2 Å². The Morgan fingerprint density at radius 1 is 1.05 bits per heavy atom. The third kappa shape index (κ3) is 7.58. The quantitative estimate of drug-likeness (QED) is 0.287. The minimum atomic E-state index is -1.20. The van der Waals surface area contributed by atoms with E-state index >= 15 is 0 Å². The number of ether oxygens (including phenoxy) is 2. The number of hydrogen-bond acceptors (Lipinski definition) is 7. The molecule has 0 radical (unpaired) electrons. The molecule has 38 heavy (non-hydrogen) atoms. The van der Waals surface area contributed by atoms with Crippen molar-refractivity contribution in [3.8, 4) is 27.4 Å². The molecule has 0 amide bonds. The van der Waals surface area contributed by atoms with Crippen LogP contribution in [0.5, 0.6) is 5.75 Å². The molecule has 0 unspecified atom stereocenters. The second-order valence-corrected chi connectivity index (χ2v) is 11.2. The summed E-state index contributed by atoms with van der Waals surface area (Å²) in [5, 5.41) is 15.4. The number of carboxylic acid groups (broad SMARTS) is 1. The van der Waals surface area contributed by atoms with E-state index < -0.39 is 12.1 Å². The number of carbonyl (C=O) groups excluding carboxylic acids is 1. The van der Waals surface area contributed by atoms with Crippen LogP contribution in [0.15, 0.2) is 65.2 Å². The Balaban J connectivity index is 0.00000400. The number of nitrogens with zero attached hydrogens (tertiary/aromatic N) is 1. The number of rotatable bonds is 10. The second-order valence-electron chi connectivity index (χ2n) is 10.0. The predicted molar refractivity (Wildman–Crippen MR) is 144 cm³/mol. The van der Waals surface area contributed by atoms with Gasteiger partial charge in [-0.1, -0.05) is 62.3 Å². The Kier molecular flexibility index (Phi) is 10.4. The first-order valence-corrected chi connectivity index (χ1v) is 13.2. The zero-order chi connectivity index (χ0) is 26.6. The van der Waals surface area contributed by atoms with E-state index in [1.54, 1.807) is 18.3 Å². The molecule has 4 rings (SSSR count). The zero-order valence-corrected chi connectivity index (χ0v) is 25.7. The van der Waals surface area contributed by atoms with Gasteiger partial charge in [-0.05, 0) is 48.7 Å². The summed E-state index contributed by atoms with van der Waals surface area (Å²) in [6.07, 6.45) is -0.688. The molecular formula is C30H32NNaO5S. The van der Waals surface area contributed by atoms with Crippen molar-refractivity contribution < 1.29 is 53.5 Å². The van der Waals surface area contributed by atoms with E-state index in [1.165, 1.54) is 10.4 Å². The van der Waals surface area contributed by atoms with Crippen LogP contribution in [0.4, 0.5) is 0 Å². The number of hydrogen-bond donors (Lipinski definition) is 0. The molecule has 0 saturated carbocycles. The van der Waals surface area contributed by atoms with Gasteiger partial charge in [-0.25, -0.2) is 0 Å². The standard InChI is InChI=1S/C30H33NO5S.Na/c1-6-34-25(29(32)33)16-20-7-13-23(14-8-20)35-18-27-19(2)15-26(37-27)22-11-9-21(10-12-22)24-17-28(36-31-24)30(3,4)5;/h7-15,17,25H,6,16,18H2,1-5H3,(H,32,33);/q;+1/p-1/t25-;/m0./s1. The number of aromatic nitrogens is 1. The minimum Gasteiger partial charge on any atom is -0.547 e. The van der Waals surface area contributed by atoms with E-state index in [4.69, 9.17) is 14.0 Å². The van der Waals surface area contributed by atoms with Gasteiger partial charge in [-0.3, -0.25) is 0 Å². The van der Waals surface area contributed by atoms with E-state index in [0.717, 1.165) is 38.8 Å². The Morgan fingerprint density at radius 3 is 2.29 bits per heavy atom. The van der Waals surface area contributed by atoms with Gasteiger partial charge in [0.15, 0.2) is 0 Å². The molecule has 0 fully saturated rings. The van der Waals surface area contributed by atoms with Gasteiger partial charge in [-0.2, -0.15) is 0 Å². The smallest absolute Gasteiger partial charge is 0.547 e. The minimum absolute atomic E-state index is 0. The summed E-state index contributed by atoms with van der Waals surface area (Å²) in [4.78, 5) is 13.5. The molecule has 2 heterocycles. The number of carboxylic acids is 1. The molecule has 0 saturated heterocycles. The van der Waals surface area contributed by atoms with Crippen LogP contribution in [-0.2, 0) is 28.0 Å². The molecule has 0 aliphatic rings. The van der Waals surface area contributed by atoms with Crippen molar-refractivity contribution in [2.75, 3.05) is 6.61 Å². The molecule has 194 valence electrons. The van der Waals surface area contributed by atoms with Gasteiger partial charge >= 0.3 is 29.6 Å². The first-order valence-electron chi connectivity index (χ1n) is 12.4. The van der Waals surface area contributed by atoms with Gasteiger partial charge < -0.3 is 23.9 Å². The number of benzene rings is 2. The number of aryl methyl sites for hydroxylation is 1. The molecule has 1 atom stereocenters. The van der Waals surface area contributed by atoms with Gasteiger partial charge in [0, 0.05) is 39.8 Å². The summed E-state index contributed by atoms with van der Waals surface area (Å²) >= 11 is 1.71. The van der Waals surface area contributed by atoms with Crippen LogP contribution < -0.4 is 39.4 Å². The Morgan fingerprint density at radius 2 is 1.71 bits per heavy atom. The van der Waals surface area contributed by atoms with Crippen molar-refractivity contribution in [1.29, 1.82) is 0 Å². The van der Waals surface area contributed by atoms with Crippen LogP contribution in [0.3, 0.4) is 0 Å². The maximum absolute atomic E-state index is 11.2.